The third-order valence-corrected chi connectivity index (χ3v) is 10.8. The van der Waals surface area contributed by atoms with Gasteiger partial charge in [-0.3, -0.25) is 0 Å². The molecular formula is C50H31N3. The van der Waals surface area contributed by atoms with Crippen LogP contribution in [0.5, 0.6) is 0 Å². The average Bonchev–Trinajstić information content (AvgIpc) is 3.59. The van der Waals surface area contributed by atoms with Crippen molar-refractivity contribution in [3.05, 3.63) is 188 Å². The van der Waals surface area contributed by atoms with Crippen LogP contribution in [0.1, 0.15) is 0 Å². The Labute approximate surface area is 306 Å². The summed E-state index contributed by atoms with van der Waals surface area (Å²) >= 11 is 0. The number of rotatable bonds is 4. The van der Waals surface area contributed by atoms with Crippen molar-refractivity contribution in [1.82, 2.24) is 14.5 Å². The van der Waals surface area contributed by atoms with Gasteiger partial charge in [-0.1, -0.05) is 158 Å². The van der Waals surface area contributed by atoms with E-state index in [1.807, 2.05) is 6.07 Å². The predicted molar refractivity (Wildman–Crippen MR) is 223 cm³/mol. The summed E-state index contributed by atoms with van der Waals surface area (Å²) in [4.78, 5) is 10.4. The Kier molecular flexibility index (Phi) is 6.55. The zero-order chi connectivity index (χ0) is 34.9. The fourth-order valence-corrected chi connectivity index (χ4v) is 8.30. The van der Waals surface area contributed by atoms with Crippen molar-refractivity contribution < 1.29 is 0 Å². The first-order chi connectivity index (χ1) is 26.3. The third-order valence-electron chi connectivity index (χ3n) is 10.8. The van der Waals surface area contributed by atoms with Crippen molar-refractivity contribution in [2.75, 3.05) is 0 Å². The molecule has 11 rings (SSSR count). The van der Waals surface area contributed by atoms with E-state index in [0.29, 0.717) is 0 Å². The molecule has 0 aliphatic carbocycles. The van der Waals surface area contributed by atoms with Crippen molar-refractivity contribution in [3.8, 4) is 39.5 Å². The normalized spacial score (nSPS) is 11.8. The molecule has 2 aromatic heterocycles. The molecule has 0 spiro atoms. The molecule has 0 aliphatic heterocycles. The van der Waals surface area contributed by atoms with Gasteiger partial charge in [0, 0.05) is 33.0 Å². The van der Waals surface area contributed by atoms with Gasteiger partial charge < -0.3 is 4.57 Å². The lowest BCUT2D eigenvalue weighted by atomic mass is 10.00. The molecule has 0 unspecified atom stereocenters. The van der Waals surface area contributed by atoms with Gasteiger partial charge in [-0.05, 0) is 73.8 Å². The van der Waals surface area contributed by atoms with Crippen LogP contribution in [-0.2, 0) is 0 Å². The highest BCUT2D eigenvalue weighted by molar-refractivity contribution is 6.28. The molecule has 53 heavy (non-hydrogen) atoms. The van der Waals surface area contributed by atoms with Crippen LogP contribution < -0.4 is 0 Å². The van der Waals surface area contributed by atoms with Gasteiger partial charge in [-0.25, -0.2) is 9.97 Å². The van der Waals surface area contributed by atoms with E-state index in [1.54, 1.807) is 0 Å². The van der Waals surface area contributed by atoms with E-state index in [0.717, 1.165) is 50.0 Å². The molecule has 0 N–H and O–H groups in total. The summed E-state index contributed by atoms with van der Waals surface area (Å²) < 4.78 is 2.43. The fourth-order valence-electron chi connectivity index (χ4n) is 8.30. The summed E-state index contributed by atoms with van der Waals surface area (Å²) in [7, 11) is 0. The minimum atomic E-state index is 0.721. The van der Waals surface area contributed by atoms with Gasteiger partial charge in [-0.15, -0.1) is 0 Å². The summed E-state index contributed by atoms with van der Waals surface area (Å²) in [6.07, 6.45) is 0. The summed E-state index contributed by atoms with van der Waals surface area (Å²) in [6, 6.07) is 67.3. The van der Waals surface area contributed by atoms with E-state index in [1.165, 1.54) is 54.5 Å². The van der Waals surface area contributed by atoms with E-state index in [-0.39, 0.29) is 0 Å². The summed E-state index contributed by atoms with van der Waals surface area (Å²) in [5, 5.41) is 10.9. The van der Waals surface area contributed by atoms with E-state index in [4.69, 9.17) is 9.97 Å². The lowest BCUT2D eigenvalue weighted by molar-refractivity contribution is 1.19. The Morgan fingerprint density at radius 2 is 0.943 bits per heavy atom. The second-order valence-corrected chi connectivity index (χ2v) is 13.8. The van der Waals surface area contributed by atoms with Crippen LogP contribution in [0.25, 0.3) is 104 Å². The lowest BCUT2D eigenvalue weighted by Crippen LogP contribution is -1.97. The van der Waals surface area contributed by atoms with Crippen LogP contribution in [0.15, 0.2) is 188 Å². The first-order valence-electron chi connectivity index (χ1n) is 18.1. The van der Waals surface area contributed by atoms with Crippen molar-refractivity contribution in [2.45, 2.75) is 0 Å². The summed E-state index contributed by atoms with van der Waals surface area (Å²) in [5.74, 6) is 0.721. The molecule has 0 saturated heterocycles. The molecule has 0 atom stereocenters. The Bertz CT molecular complexity index is 3120. The maximum absolute atomic E-state index is 5.29. The van der Waals surface area contributed by atoms with Crippen molar-refractivity contribution in [3.63, 3.8) is 0 Å². The maximum Gasteiger partial charge on any atom is 0.161 e. The number of para-hydroxylation sites is 1. The standard InChI is InChI=1S/C50H31N3/c1-2-11-32(12-3-1)33-21-23-36(24-22-33)49-43-18-8-9-20-44(43)51-50(52-49)42-19-10-15-37-31-38(27-28-39(37)42)53-45-29-25-34-13-4-6-16-40(34)47(45)48-41-17-7-5-14-35(41)26-30-46(48)53/h1-31H. The van der Waals surface area contributed by atoms with Gasteiger partial charge >= 0.3 is 0 Å². The Balaban J connectivity index is 1.09. The number of nitrogens with zero attached hydrogens (tertiary/aromatic N) is 3. The molecule has 0 amide bonds. The van der Waals surface area contributed by atoms with Gasteiger partial charge in [0.15, 0.2) is 5.82 Å². The number of hydrogen-bond donors (Lipinski definition) is 0. The van der Waals surface area contributed by atoms with Crippen LogP contribution in [0, 0.1) is 0 Å². The molecule has 0 saturated carbocycles. The number of hydrogen-bond acceptors (Lipinski definition) is 2. The molecule has 0 fully saturated rings. The SMILES string of the molecule is c1ccc(-c2ccc(-c3nc(-c4cccc5cc(-n6c7ccc8ccccc8c7c7c8ccccc8ccc76)ccc45)nc4ccccc34)cc2)cc1. The van der Waals surface area contributed by atoms with E-state index in [2.05, 4.69) is 187 Å². The highest BCUT2D eigenvalue weighted by atomic mass is 15.0. The minimum Gasteiger partial charge on any atom is -0.309 e. The van der Waals surface area contributed by atoms with Gasteiger partial charge in [-0.2, -0.15) is 0 Å². The lowest BCUT2D eigenvalue weighted by Gasteiger charge is -2.13. The van der Waals surface area contributed by atoms with Gasteiger partial charge in [0.25, 0.3) is 0 Å². The quantitative estimate of drug-likeness (QED) is 0.186. The summed E-state index contributed by atoms with van der Waals surface area (Å²) in [6.45, 7) is 0. The number of fused-ring (bicyclic) bond motifs is 9. The second kappa shape index (κ2) is 11.7. The van der Waals surface area contributed by atoms with Crippen LogP contribution in [-0.4, -0.2) is 14.5 Å². The minimum absolute atomic E-state index is 0.721. The summed E-state index contributed by atoms with van der Waals surface area (Å²) in [5.41, 5.74) is 9.85. The Morgan fingerprint density at radius 1 is 0.358 bits per heavy atom. The molecule has 9 aromatic carbocycles. The molecule has 0 radical (unpaired) electrons. The van der Waals surface area contributed by atoms with Crippen molar-refractivity contribution in [2.24, 2.45) is 0 Å². The van der Waals surface area contributed by atoms with E-state index >= 15 is 0 Å². The number of benzene rings is 9. The molecule has 3 heteroatoms. The van der Waals surface area contributed by atoms with Gasteiger partial charge in [0.1, 0.15) is 0 Å². The molecule has 3 nitrogen and oxygen atoms in total. The second-order valence-electron chi connectivity index (χ2n) is 13.8. The third kappa shape index (κ3) is 4.68. The molecule has 2 heterocycles. The van der Waals surface area contributed by atoms with Crippen LogP contribution in [0.2, 0.25) is 0 Å². The predicted octanol–water partition coefficient (Wildman–Crippen LogP) is 13.2. The first-order valence-corrected chi connectivity index (χ1v) is 18.1. The van der Waals surface area contributed by atoms with Gasteiger partial charge in [0.2, 0.25) is 0 Å². The topological polar surface area (TPSA) is 30.7 Å². The average molecular weight is 674 g/mol. The largest absolute Gasteiger partial charge is 0.309 e. The molecule has 0 bridgehead atoms. The van der Waals surface area contributed by atoms with Crippen LogP contribution >= 0.6 is 0 Å². The molecule has 0 aliphatic rings. The first kappa shape index (κ1) is 29.6. The Morgan fingerprint density at radius 3 is 1.66 bits per heavy atom. The highest BCUT2D eigenvalue weighted by Gasteiger charge is 2.19. The van der Waals surface area contributed by atoms with Gasteiger partial charge in [0.05, 0.1) is 22.2 Å². The van der Waals surface area contributed by atoms with Crippen molar-refractivity contribution in [1.29, 1.82) is 0 Å². The molecule has 11 aromatic rings. The molecular weight excluding hydrogens is 643 g/mol. The smallest absolute Gasteiger partial charge is 0.161 e. The van der Waals surface area contributed by atoms with E-state index in [9.17, 15) is 0 Å². The van der Waals surface area contributed by atoms with Crippen LogP contribution in [0.4, 0.5) is 0 Å². The zero-order valence-electron chi connectivity index (χ0n) is 28.7. The van der Waals surface area contributed by atoms with Crippen LogP contribution in [0.3, 0.4) is 0 Å². The number of aromatic nitrogens is 3. The van der Waals surface area contributed by atoms with Crippen molar-refractivity contribution >= 4 is 65.0 Å². The van der Waals surface area contributed by atoms with E-state index < -0.39 is 0 Å². The fraction of sp³-hybridized carbons (Fsp3) is 0. The maximum atomic E-state index is 5.29. The Hall–Kier alpha value is -7.10. The highest BCUT2D eigenvalue weighted by Crippen LogP contribution is 2.41. The molecule has 246 valence electrons. The zero-order valence-corrected chi connectivity index (χ0v) is 28.7. The monoisotopic (exact) mass is 673 g/mol.